The molecule has 1 aromatic rings. The average Bonchev–Trinajstić information content (AvgIpc) is 3.17. The van der Waals surface area contributed by atoms with Crippen molar-refractivity contribution in [2.75, 3.05) is 46.0 Å². The third kappa shape index (κ3) is 9.11. The molecule has 1 aromatic carbocycles. The molecule has 1 aliphatic heterocycles. The van der Waals surface area contributed by atoms with E-state index in [0.29, 0.717) is 38.4 Å². The van der Waals surface area contributed by atoms with Crippen molar-refractivity contribution < 1.29 is 35.9 Å². The van der Waals surface area contributed by atoms with E-state index in [1.54, 1.807) is 17.4 Å². The van der Waals surface area contributed by atoms with Gasteiger partial charge in [0.1, 0.15) is 5.75 Å². The van der Waals surface area contributed by atoms with Crippen LogP contribution in [0.2, 0.25) is 0 Å². The lowest BCUT2D eigenvalue weighted by molar-refractivity contribution is -0.173. The summed E-state index contributed by atoms with van der Waals surface area (Å²) in [7, 11) is -3.68. The first-order valence-electron chi connectivity index (χ1n) is 10.9. The number of alkyl halides is 3. The second kappa shape index (κ2) is 12.5. The highest BCUT2D eigenvalue weighted by Crippen LogP contribution is 2.23. The first-order valence-corrected chi connectivity index (χ1v) is 12.4. The molecule has 1 fully saturated rings. The highest BCUT2D eigenvalue weighted by Gasteiger charge is 2.38. The van der Waals surface area contributed by atoms with Gasteiger partial charge < -0.3 is 14.8 Å². The fourth-order valence-corrected chi connectivity index (χ4v) is 4.68. The van der Waals surface area contributed by atoms with Gasteiger partial charge in [-0.05, 0) is 50.1 Å². The topological polar surface area (TPSA) is 97.0 Å². The van der Waals surface area contributed by atoms with Crippen LogP contribution in [0.4, 0.5) is 13.2 Å². The number of sulfonamides is 1. The number of benzene rings is 1. The molecule has 0 spiro atoms. The second-order valence-corrected chi connectivity index (χ2v) is 9.62. The number of nitrogens with one attached hydrogen (secondary N) is 2. The van der Waals surface area contributed by atoms with E-state index >= 15 is 0 Å². The molecule has 2 N–H and O–H groups in total. The Morgan fingerprint density at radius 3 is 2.67 bits per heavy atom. The van der Waals surface area contributed by atoms with Crippen LogP contribution in [0.3, 0.4) is 0 Å². The maximum Gasteiger partial charge on any atom is 0.471 e. The van der Waals surface area contributed by atoms with E-state index < -0.39 is 22.1 Å². The minimum absolute atomic E-state index is 0.0385. The van der Waals surface area contributed by atoms with Crippen molar-refractivity contribution in [3.8, 4) is 5.75 Å². The lowest BCUT2D eigenvalue weighted by atomic mass is 10.2. The summed E-state index contributed by atoms with van der Waals surface area (Å²) in [6.07, 6.45) is -2.32. The molecule has 1 amide bonds. The van der Waals surface area contributed by atoms with Crippen molar-refractivity contribution >= 4 is 15.9 Å². The normalized spacial score (nSPS) is 17.3. The summed E-state index contributed by atoms with van der Waals surface area (Å²) in [5, 5.41) is 1.73. The van der Waals surface area contributed by atoms with Crippen LogP contribution in [0.25, 0.3) is 0 Å². The van der Waals surface area contributed by atoms with Gasteiger partial charge in [0.15, 0.2) is 0 Å². The van der Waals surface area contributed by atoms with E-state index in [9.17, 15) is 26.4 Å². The first-order chi connectivity index (χ1) is 15.5. The van der Waals surface area contributed by atoms with Crippen molar-refractivity contribution in [3.63, 3.8) is 0 Å². The molecule has 0 radical (unpaired) electrons. The number of rotatable bonds is 13. The molecule has 1 saturated heterocycles. The van der Waals surface area contributed by atoms with E-state index in [4.69, 9.17) is 9.47 Å². The number of halogens is 3. The Hall–Kier alpha value is -1.89. The molecule has 2 rings (SSSR count). The lowest BCUT2D eigenvalue weighted by Crippen LogP contribution is -2.39. The summed E-state index contributed by atoms with van der Waals surface area (Å²) >= 11 is 0. The molecule has 188 valence electrons. The molecule has 1 heterocycles. The Morgan fingerprint density at radius 1 is 1.24 bits per heavy atom. The highest BCUT2D eigenvalue weighted by molar-refractivity contribution is 7.89. The zero-order chi connectivity index (χ0) is 24.5. The number of carbonyl (C=O) groups excluding carboxylic acids is 1. The van der Waals surface area contributed by atoms with Gasteiger partial charge >= 0.3 is 12.1 Å². The van der Waals surface area contributed by atoms with Gasteiger partial charge in [-0.3, -0.25) is 9.69 Å². The SMILES string of the molecule is CCCCOc1ccc(S(=O)(=O)N[C@H]2CCN(CCOCCNC(=O)C(F)(F)F)C2)cc1C. The number of carbonyl (C=O) groups is 1. The number of nitrogens with zero attached hydrogens (tertiary/aromatic N) is 1. The summed E-state index contributed by atoms with van der Waals surface area (Å²) in [4.78, 5) is 12.9. The Balaban J connectivity index is 1.72. The molecule has 1 aliphatic rings. The summed E-state index contributed by atoms with van der Waals surface area (Å²) < 4.78 is 75.4. The van der Waals surface area contributed by atoms with Crippen molar-refractivity contribution in [1.29, 1.82) is 0 Å². The van der Waals surface area contributed by atoms with E-state index in [0.717, 1.165) is 18.4 Å². The third-order valence-corrected chi connectivity index (χ3v) is 6.67. The van der Waals surface area contributed by atoms with Gasteiger partial charge in [0.2, 0.25) is 10.0 Å². The lowest BCUT2D eigenvalue weighted by Gasteiger charge is -2.17. The van der Waals surface area contributed by atoms with Crippen molar-refractivity contribution in [3.05, 3.63) is 23.8 Å². The van der Waals surface area contributed by atoms with Crippen molar-refractivity contribution in [2.24, 2.45) is 0 Å². The van der Waals surface area contributed by atoms with Gasteiger partial charge in [0.05, 0.1) is 24.7 Å². The Labute approximate surface area is 192 Å². The van der Waals surface area contributed by atoms with Crippen molar-refractivity contribution in [1.82, 2.24) is 14.9 Å². The summed E-state index contributed by atoms with van der Waals surface area (Å²) in [5.41, 5.74) is 0.755. The van der Waals surface area contributed by atoms with Crippen LogP contribution in [-0.2, 0) is 19.6 Å². The third-order valence-electron chi connectivity index (χ3n) is 5.15. The molecule has 33 heavy (non-hydrogen) atoms. The van der Waals surface area contributed by atoms with Crippen LogP contribution in [0.15, 0.2) is 23.1 Å². The predicted molar refractivity (Wildman–Crippen MR) is 117 cm³/mol. The molecular weight excluding hydrogens is 463 g/mol. The number of ether oxygens (including phenoxy) is 2. The quantitative estimate of drug-likeness (QED) is 0.408. The summed E-state index contributed by atoms with van der Waals surface area (Å²) in [6.45, 7) is 6.14. The van der Waals surface area contributed by atoms with Gasteiger partial charge in [0.25, 0.3) is 0 Å². The van der Waals surface area contributed by atoms with Gasteiger partial charge in [-0.15, -0.1) is 0 Å². The number of likely N-dealkylation sites (tertiary alicyclic amines) is 1. The standard InChI is InChI=1S/C21H32F3N3O5S/c1-3-4-11-32-19-6-5-18(14-16(19)2)33(29,30)26-17-7-9-27(15-17)10-13-31-12-8-25-20(28)21(22,23)24/h5-6,14,17,26H,3-4,7-13,15H2,1-2H3,(H,25,28)/t17-/m0/s1. The fourth-order valence-electron chi connectivity index (χ4n) is 3.33. The molecule has 0 aliphatic carbocycles. The largest absolute Gasteiger partial charge is 0.493 e. The predicted octanol–water partition coefficient (Wildman–Crippen LogP) is 2.22. The van der Waals surface area contributed by atoms with E-state index in [-0.39, 0.29) is 30.7 Å². The van der Waals surface area contributed by atoms with E-state index in [1.165, 1.54) is 6.07 Å². The monoisotopic (exact) mass is 495 g/mol. The number of hydrogen-bond donors (Lipinski definition) is 2. The Bertz CT molecular complexity index is 880. The fraction of sp³-hybridized carbons (Fsp3) is 0.667. The minimum atomic E-state index is -4.90. The van der Waals surface area contributed by atoms with E-state index in [1.807, 2.05) is 11.8 Å². The number of unbranched alkanes of at least 4 members (excludes halogenated alkanes) is 1. The summed E-state index contributed by atoms with van der Waals surface area (Å²) in [6, 6.07) is 4.56. The van der Waals surface area contributed by atoms with Gasteiger partial charge in [-0.2, -0.15) is 13.2 Å². The maximum absolute atomic E-state index is 12.8. The van der Waals surface area contributed by atoms with Crippen molar-refractivity contribution in [2.45, 2.75) is 50.2 Å². The van der Waals surface area contributed by atoms with Crippen LogP contribution in [0.5, 0.6) is 5.75 Å². The molecule has 0 unspecified atom stereocenters. The molecule has 0 aromatic heterocycles. The summed E-state index contributed by atoms with van der Waals surface area (Å²) in [5.74, 6) is -1.32. The molecular formula is C21H32F3N3O5S. The van der Waals surface area contributed by atoms with Crippen LogP contribution in [0.1, 0.15) is 31.7 Å². The Kier molecular flexibility index (Phi) is 10.4. The zero-order valence-corrected chi connectivity index (χ0v) is 19.7. The molecule has 0 bridgehead atoms. The van der Waals surface area contributed by atoms with Crippen LogP contribution >= 0.6 is 0 Å². The van der Waals surface area contributed by atoms with Gasteiger partial charge in [-0.25, -0.2) is 13.1 Å². The number of aryl methyl sites for hydroxylation is 1. The van der Waals surface area contributed by atoms with Crippen LogP contribution < -0.4 is 14.8 Å². The molecule has 8 nitrogen and oxygen atoms in total. The zero-order valence-electron chi connectivity index (χ0n) is 18.9. The minimum Gasteiger partial charge on any atom is -0.493 e. The van der Waals surface area contributed by atoms with Gasteiger partial charge in [0, 0.05) is 25.7 Å². The Morgan fingerprint density at radius 2 is 2.00 bits per heavy atom. The second-order valence-electron chi connectivity index (χ2n) is 7.90. The average molecular weight is 496 g/mol. The van der Waals surface area contributed by atoms with E-state index in [2.05, 4.69) is 11.6 Å². The molecule has 12 heteroatoms. The molecule has 1 atom stereocenters. The number of amides is 1. The highest BCUT2D eigenvalue weighted by atomic mass is 32.2. The smallest absolute Gasteiger partial charge is 0.471 e. The van der Waals surface area contributed by atoms with Gasteiger partial charge in [-0.1, -0.05) is 13.3 Å². The van der Waals surface area contributed by atoms with Crippen LogP contribution in [0, 0.1) is 6.92 Å². The molecule has 0 saturated carbocycles. The number of hydrogen-bond acceptors (Lipinski definition) is 6. The van der Waals surface area contributed by atoms with Crippen LogP contribution in [-0.4, -0.2) is 77.4 Å². The maximum atomic E-state index is 12.8. The first kappa shape index (κ1) is 27.4.